The zero-order chi connectivity index (χ0) is 16.5. The maximum Gasteiger partial charge on any atom is 0.0799 e. The highest BCUT2D eigenvalue weighted by Crippen LogP contribution is 2.15. The quantitative estimate of drug-likeness (QED) is 0.324. The lowest BCUT2D eigenvalue weighted by Gasteiger charge is -2.17. The largest absolute Gasteiger partial charge is 0.390 e. The van der Waals surface area contributed by atoms with E-state index in [4.69, 9.17) is 0 Å². The van der Waals surface area contributed by atoms with Gasteiger partial charge in [-0.3, -0.25) is 0 Å². The van der Waals surface area contributed by atoms with Crippen molar-refractivity contribution in [2.75, 3.05) is 0 Å². The van der Waals surface area contributed by atoms with Crippen LogP contribution in [-0.4, -0.2) is 22.4 Å². The lowest BCUT2D eigenvalue weighted by atomic mass is 9.99. The van der Waals surface area contributed by atoms with Crippen LogP contribution in [0.3, 0.4) is 0 Å². The second-order valence-electron chi connectivity index (χ2n) is 6.95. The molecule has 0 bridgehead atoms. The molecule has 0 aliphatic rings. The molecular weight excluding hydrogens is 272 g/mol. The summed E-state index contributed by atoms with van der Waals surface area (Å²) in [6.07, 6.45) is 18.3. The molecule has 0 aromatic heterocycles. The van der Waals surface area contributed by atoms with Crippen molar-refractivity contribution < 1.29 is 10.2 Å². The van der Waals surface area contributed by atoms with E-state index in [1.54, 1.807) is 0 Å². The Kier molecular flexibility index (Phi) is 17.2. The molecule has 2 unspecified atom stereocenters. The number of hydrogen-bond acceptors (Lipinski definition) is 2. The molecule has 0 aromatic carbocycles. The van der Waals surface area contributed by atoms with Gasteiger partial charge in [0.05, 0.1) is 12.2 Å². The van der Waals surface area contributed by atoms with E-state index >= 15 is 0 Å². The average molecular weight is 315 g/mol. The molecule has 0 amide bonds. The Balaban J connectivity index is 3.31. The summed E-state index contributed by atoms with van der Waals surface area (Å²) in [7, 11) is 0. The monoisotopic (exact) mass is 314 g/mol. The molecule has 22 heavy (non-hydrogen) atoms. The molecule has 0 radical (unpaired) electrons. The second kappa shape index (κ2) is 17.3. The lowest BCUT2D eigenvalue weighted by molar-refractivity contribution is 0.00712. The molecule has 0 saturated carbocycles. The van der Waals surface area contributed by atoms with Crippen molar-refractivity contribution in [3.63, 3.8) is 0 Å². The molecule has 0 fully saturated rings. The smallest absolute Gasteiger partial charge is 0.0799 e. The van der Waals surface area contributed by atoms with E-state index in [9.17, 15) is 10.2 Å². The van der Waals surface area contributed by atoms with Crippen LogP contribution in [-0.2, 0) is 0 Å². The maximum absolute atomic E-state index is 9.97. The van der Waals surface area contributed by atoms with Crippen LogP contribution in [0.5, 0.6) is 0 Å². The van der Waals surface area contributed by atoms with Crippen molar-refractivity contribution in [1.29, 1.82) is 0 Å². The molecule has 2 atom stereocenters. The summed E-state index contributed by atoms with van der Waals surface area (Å²) >= 11 is 0. The summed E-state index contributed by atoms with van der Waals surface area (Å²) < 4.78 is 0. The fourth-order valence-corrected chi connectivity index (χ4v) is 3.01. The number of hydrogen-bond donors (Lipinski definition) is 2. The molecule has 134 valence electrons. The van der Waals surface area contributed by atoms with E-state index in [0.717, 1.165) is 25.7 Å². The van der Waals surface area contributed by atoms with Crippen LogP contribution in [0.25, 0.3) is 0 Å². The Morgan fingerprint density at radius 1 is 0.455 bits per heavy atom. The SMILES string of the molecule is CCCCCCCCCCCC(O)C(O)CCCCCCC. The molecule has 0 aromatic rings. The first-order valence-corrected chi connectivity index (χ1v) is 10.1. The first kappa shape index (κ1) is 21.9. The van der Waals surface area contributed by atoms with Crippen molar-refractivity contribution in [2.24, 2.45) is 0 Å². The molecule has 0 aliphatic heterocycles. The van der Waals surface area contributed by atoms with E-state index in [1.165, 1.54) is 77.0 Å². The molecule has 2 N–H and O–H groups in total. The van der Waals surface area contributed by atoms with Crippen molar-refractivity contribution in [3.8, 4) is 0 Å². The van der Waals surface area contributed by atoms with Gasteiger partial charge in [0.2, 0.25) is 0 Å². The fraction of sp³-hybridized carbons (Fsp3) is 1.00. The predicted molar refractivity (Wildman–Crippen MR) is 97.2 cm³/mol. The number of aliphatic hydroxyl groups is 2. The van der Waals surface area contributed by atoms with Crippen molar-refractivity contribution >= 4 is 0 Å². The minimum absolute atomic E-state index is 0.504. The highest BCUT2D eigenvalue weighted by molar-refractivity contribution is 4.67. The molecular formula is C20H42O2. The van der Waals surface area contributed by atoms with Crippen molar-refractivity contribution in [3.05, 3.63) is 0 Å². The van der Waals surface area contributed by atoms with E-state index < -0.39 is 12.2 Å². The Morgan fingerprint density at radius 2 is 0.727 bits per heavy atom. The van der Waals surface area contributed by atoms with Crippen LogP contribution in [0, 0.1) is 0 Å². The van der Waals surface area contributed by atoms with E-state index in [0.29, 0.717) is 0 Å². The first-order chi connectivity index (χ1) is 10.7. The van der Waals surface area contributed by atoms with Crippen LogP contribution in [0.4, 0.5) is 0 Å². The molecule has 0 rings (SSSR count). The highest BCUT2D eigenvalue weighted by Gasteiger charge is 2.14. The maximum atomic E-state index is 9.97. The fourth-order valence-electron chi connectivity index (χ4n) is 3.01. The van der Waals surface area contributed by atoms with Crippen LogP contribution < -0.4 is 0 Å². The lowest BCUT2D eigenvalue weighted by Crippen LogP contribution is -2.25. The third-order valence-corrected chi connectivity index (χ3v) is 4.65. The van der Waals surface area contributed by atoms with Crippen LogP contribution in [0.15, 0.2) is 0 Å². The van der Waals surface area contributed by atoms with Gasteiger partial charge in [0.15, 0.2) is 0 Å². The molecule has 2 nitrogen and oxygen atoms in total. The predicted octanol–water partition coefficient (Wildman–Crippen LogP) is 5.99. The molecule has 0 aliphatic carbocycles. The van der Waals surface area contributed by atoms with Gasteiger partial charge in [0.1, 0.15) is 0 Å². The van der Waals surface area contributed by atoms with Gasteiger partial charge >= 0.3 is 0 Å². The van der Waals surface area contributed by atoms with Gasteiger partial charge in [0.25, 0.3) is 0 Å². The third kappa shape index (κ3) is 14.8. The summed E-state index contributed by atoms with van der Waals surface area (Å²) in [5.74, 6) is 0. The van der Waals surface area contributed by atoms with Crippen molar-refractivity contribution in [1.82, 2.24) is 0 Å². The summed E-state index contributed by atoms with van der Waals surface area (Å²) in [4.78, 5) is 0. The summed E-state index contributed by atoms with van der Waals surface area (Å²) in [5.41, 5.74) is 0. The average Bonchev–Trinajstić information content (AvgIpc) is 2.52. The van der Waals surface area contributed by atoms with E-state index in [-0.39, 0.29) is 0 Å². The van der Waals surface area contributed by atoms with Gasteiger partial charge in [-0.1, -0.05) is 104 Å². The zero-order valence-electron chi connectivity index (χ0n) is 15.4. The minimum atomic E-state index is -0.504. The number of unbranched alkanes of at least 4 members (excludes halogenated alkanes) is 12. The molecule has 2 heteroatoms. The number of rotatable bonds is 17. The topological polar surface area (TPSA) is 40.5 Å². The second-order valence-corrected chi connectivity index (χ2v) is 6.95. The van der Waals surface area contributed by atoms with Gasteiger partial charge in [-0.2, -0.15) is 0 Å². The van der Waals surface area contributed by atoms with E-state index in [2.05, 4.69) is 13.8 Å². The summed E-state index contributed by atoms with van der Waals surface area (Å²) in [6, 6.07) is 0. The van der Waals surface area contributed by atoms with Crippen LogP contribution >= 0.6 is 0 Å². The standard InChI is InChI=1S/C20H42O2/c1-3-5-7-9-10-11-12-14-16-18-20(22)19(21)17-15-13-8-6-4-2/h19-22H,3-18H2,1-2H3. The molecule has 0 saturated heterocycles. The van der Waals surface area contributed by atoms with Crippen LogP contribution in [0.2, 0.25) is 0 Å². The Labute approximate surface area is 139 Å². The molecule has 0 spiro atoms. The Morgan fingerprint density at radius 3 is 1.05 bits per heavy atom. The van der Waals surface area contributed by atoms with Gasteiger partial charge in [-0.25, -0.2) is 0 Å². The first-order valence-electron chi connectivity index (χ1n) is 10.1. The van der Waals surface area contributed by atoms with Crippen molar-refractivity contribution in [2.45, 2.75) is 129 Å². The third-order valence-electron chi connectivity index (χ3n) is 4.65. The van der Waals surface area contributed by atoms with Gasteiger partial charge < -0.3 is 10.2 Å². The van der Waals surface area contributed by atoms with E-state index in [1.807, 2.05) is 0 Å². The zero-order valence-corrected chi connectivity index (χ0v) is 15.4. The minimum Gasteiger partial charge on any atom is -0.390 e. The van der Waals surface area contributed by atoms with Crippen LogP contribution in [0.1, 0.15) is 117 Å². The van der Waals surface area contributed by atoms with Gasteiger partial charge in [0, 0.05) is 0 Å². The Bertz CT molecular complexity index is 206. The number of aliphatic hydroxyl groups excluding tert-OH is 2. The highest BCUT2D eigenvalue weighted by atomic mass is 16.3. The summed E-state index contributed by atoms with van der Waals surface area (Å²) in [6.45, 7) is 4.47. The van der Waals surface area contributed by atoms with Gasteiger partial charge in [-0.05, 0) is 12.8 Å². The Hall–Kier alpha value is -0.0800. The summed E-state index contributed by atoms with van der Waals surface area (Å²) in [5, 5.41) is 19.9. The normalized spacial score (nSPS) is 14.2. The van der Waals surface area contributed by atoms with Gasteiger partial charge in [-0.15, -0.1) is 0 Å². The molecule has 0 heterocycles.